The summed E-state index contributed by atoms with van der Waals surface area (Å²) in [4.78, 5) is 11.3. The van der Waals surface area contributed by atoms with Gasteiger partial charge in [0, 0.05) is 19.3 Å². The van der Waals surface area contributed by atoms with Crippen molar-refractivity contribution in [3.63, 3.8) is 0 Å². The Labute approximate surface area is 76.2 Å². The zero-order valence-corrected chi connectivity index (χ0v) is 7.45. The molecule has 3 N–H and O–H groups in total. The smallest absolute Gasteiger partial charge is 0.269 e. The van der Waals surface area contributed by atoms with Gasteiger partial charge in [-0.1, -0.05) is 6.92 Å². The van der Waals surface area contributed by atoms with Crippen LogP contribution in [0.25, 0.3) is 0 Å². The number of carbonyl (C=O) groups excluding carboxylic acids is 1. The highest BCUT2D eigenvalue weighted by Gasteiger charge is 2.07. The summed E-state index contributed by atoms with van der Waals surface area (Å²) in [5, 5.41) is 17.6. The lowest BCUT2D eigenvalue weighted by molar-refractivity contribution is 0.0937. The fourth-order valence-electron chi connectivity index (χ4n) is 0.809. The molecule has 0 aliphatic rings. The summed E-state index contributed by atoms with van der Waals surface area (Å²) in [5.41, 5.74) is 0.435. The Hall–Kier alpha value is -1.36. The number of hydrogen-bond donors (Lipinski definition) is 3. The first-order valence-electron chi connectivity index (χ1n) is 4.12. The summed E-state index contributed by atoms with van der Waals surface area (Å²) in [5.74, 6) is -0.121. The van der Waals surface area contributed by atoms with Gasteiger partial charge in [-0.3, -0.25) is 9.89 Å². The Morgan fingerprint density at radius 3 is 3.15 bits per heavy atom. The van der Waals surface area contributed by atoms with E-state index in [1.54, 1.807) is 6.07 Å². The van der Waals surface area contributed by atoms with Gasteiger partial charge in [0.25, 0.3) is 5.91 Å². The van der Waals surface area contributed by atoms with Crippen LogP contribution in [0.3, 0.4) is 0 Å². The third-order valence-corrected chi connectivity index (χ3v) is 1.67. The topological polar surface area (TPSA) is 78.0 Å². The molecule has 0 radical (unpaired) electrons. The van der Waals surface area contributed by atoms with Crippen LogP contribution in [0, 0.1) is 5.92 Å². The van der Waals surface area contributed by atoms with Crippen LogP contribution in [-0.4, -0.2) is 34.4 Å². The number of aromatic nitrogens is 2. The lowest BCUT2D eigenvalue weighted by atomic mass is 10.2. The maximum atomic E-state index is 11.3. The highest BCUT2D eigenvalue weighted by atomic mass is 16.3. The molecule has 0 aliphatic carbocycles. The molecule has 1 aromatic heterocycles. The van der Waals surface area contributed by atoms with Crippen molar-refractivity contribution in [1.29, 1.82) is 0 Å². The van der Waals surface area contributed by atoms with Crippen LogP contribution >= 0.6 is 0 Å². The predicted octanol–water partition coefficient (Wildman–Crippen LogP) is -0.232. The van der Waals surface area contributed by atoms with Crippen molar-refractivity contribution in [2.75, 3.05) is 13.2 Å². The lowest BCUT2D eigenvalue weighted by Gasteiger charge is -2.07. The van der Waals surface area contributed by atoms with Crippen molar-refractivity contribution in [1.82, 2.24) is 15.5 Å². The van der Waals surface area contributed by atoms with Crippen LogP contribution < -0.4 is 5.32 Å². The van der Waals surface area contributed by atoms with Crippen LogP contribution in [-0.2, 0) is 0 Å². The van der Waals surface area contributed by atoms with E-state index in [0.29, 0.717) is 12.2 Å². The highest BCUT2D eigenvalue weighted by Crippen LogP contribution is 1.93. The molecule has 5 nitrogen and oxygen atoms in total. The van der Waals surface area contributed by atoms with Crippen molar-refractivity contribution in [3.8, 4) is 0 Å². The van der Waals surface area contributed by atoms with Crippen LogP contribution in [0.2, 0.25) is 0 Å². The third kappa shape index (κ3) is 2.87. The van der Waals surface area contributed by atoms with Gasteiger partial charge in [0.2, 0.25) is 0 Å². The monoisotopic (exact) mass is 183 g/mol. The molecule has 72 valence electrons. The van der Waals surface area contributed by atoms with Gasteiger partial charge in [-0.25, -0.2) is 0 Å². The number of rotatable bonds is 4. The van der Waals surface area contributed by atoms with E-state index in [1.165, 1.54) is 6.20 Å². The van der Waals surface area contributed by atoms with E-state index in [-0.39, 0.29) is 18.4 Å². The number of carbonyl (C=O) groups is 1. The van der Waals surface area contributed by atoms with Crippen LogP contribution in [0.1, 0.15) is 17.4 Å². The average Bonchev–Trinajstić information content (AvgIpc) is 2.66. The van der Waals surface area contributed by atoms with Crippen molar-refractivity contribution >= 4 is 5.91 Å². The van der Waals surface area contributed by atoms with Gasteiger partial charge in [-0.15, -0.1) is 0 Å². The lowest BCUT2D eigenvalue weighted by Crippen LogP contribution is -2.29. The molecule has 5 heteroatoms. The van der Waals surface area contributed by atoms with Gasteiger partial charge >= 0.3 is 0 Å². The van der Waals surface area contributed by atoms with E-state index in [9.17, 15) is 4.79 Å². The minimum atomic E-state index is -0.196. The molecule has 0 aliphatic heterocycles. The molecule has 1 rings (SSSR count). The van der Waals surface area contributed by atoms with E-state index >= 15 is 0 Å². The van der Waals surface area contributed by atoms with E-state index in [0.717, 1.165) is 0 Å². The first-order valence-corrected chi connectivity index (χ1v) is 4.12. The van der Waals surface area contributed by atoms with Gasteiger partial charge in [-0.2, -0.15) is 5.10 Å². The molecule has 1 amide bonds. The van der Waals surface area contributed by atoms with Gasteiger partial charge in [0.1, 0.15) is 5.69 Å². The quantitative estimate of drug-likeness (QED) is 0.603. The number of H-pyrrole nitrogens is 1. The molecule has 1 heterocycles. The molecule has 0 saturated carbocycles. The molecule has 0 saturated heterocycles. The van der Waals surface area contributed by atoms with Crippen LogP contribution in [0.4, 0.5) is 0 Å². The maximum absolute atomic E-state index is 11.3. The number of hydrogen-bond acceptors (Lipinski definition) is 3. The number of nitrogens with zero attached hydrogens (tertiary/aromatic N) is 1. The Morgan fingerprint density at radius 1 is 1.85 bits per heavy atom. The van der Waals surface area contributed by atoms with Crippen molar-refractivity contribution < 1.29 is 9.90 Å². The molecular formula is C8H13N3O2. The number of nitrogens with one attached hydrogen (secondary N) is 2. The Morgan fingerprint density at radius 2 is 2.62 bits per heavy atom. The molecule has 1 atom stereocenters. The number of aliphatic hydroxyl groups excluding tert-OH is 1. The number of amides is 1. The molecule has 0 fully saturated rings. The summed E-state index contributed by atoms with van der Waals surface area (Å²) in [6.45, 7) is 2.39. The zero-order chi connectivity index (χ0) is 9.68. The molecule has 0 aromatic carbocycles. The first-order chi connectivity index (χ1) is 6.24. The van der Waals surface area contributed by atoms with Crippen LogP contribution in [0.15, 0.2) is 12.3 Å². The molecular weight excluding hydrogens is 170 g/mol. The van der Waals surface area contributed by atoms with Crippen molar-refractivity contribution in [2.24, 2.45) is 5.92 Å². The maximum Gasteiger partial charge on any atom is 0.269 e. The van der Waals surface area contributed by atoms with E-state index in [4.69, 9.17) is 5.11 Å². The number of aromatic amines is 1. The molecule has 1 unspecified atom stereocenters. The Bertz CT molecular complexity index is 258. The first kappa shape index (κ1) is 9.73. The fraction of sp³-hybridized carbons (Fsp3) is 0.500. The van der Waals surface area contributed by atoms with E-state index < -0.39 is 0 Å². The SMILES string of the molecule is CC(CO)CNC(=O)c1ccn[nH]1. The number of aliphatic hydroxyl groups is 1. The normalized spacial score (nSPS) is 12.5. The summed E-state index contributed by atoms with van der Waals surface area (Å²) in [7, 11) is 0. The second kappa shape index (κ2) is 4.61. The van der Waals surface area contributed by atoms with E-state index in [2.05, 4.69) is 15.5 Å². The standard InChI is InChI=1S/C8H13N3O2/c1-6(5-12)4-9-8(13)7-2-3-10-11-7/h2-3,6,12H,4-5H2,1H3,(H,9,13)(H,10,11). The summed E-state index contributed by atoms with van der Waals surface area (Å²) < 4.78 is 0. The molecule has 1 aromatic rings. The van der Waals surface area contributed by atoms with E-state index in [1.807, 2.05) is 6.92 Å². The highest BCUT2D eigenvalue weighted by molar-refractivity contribution is 5.92. The van der Waals surface area contributed by atoms with Gasteiger partial charge in [0.05, 0.1) is 0 Å². The van der Waals surface area contributed by atoms with Gasteiger partial charge in [-0.05, 0) is 12.0 Å². The molecule has 13 heavy (non-hydrogen) atoms. The Balaban J connectivity index is 2.35. The molecule has 0 bridgehead atoms. The zero-order valence-electron chi connectivity index (χ0n) is 7.45. The van der Waals surface area contributed by atoms with Crippen molar-refractivity contribution in [2.45, 2.75) is 6.92 Å². The summed E-state index contributed by atoms with van der Waals surface area (Å²) >= 11 is 0. The minimum absolute atomic E-state index is 0.0727. The fourth-order valence-corrected chi connectivity index (χ4v) is 0.809. The van der Waals surface area contributed by atoms with Gasteiger partial charge in [0.15, 0.2) is 0 Å². The summed E-state index contributed by atoms with van der Waals surface area (Å²) in [6.07, 6.45) is 1.52. The third-order valence-electron chi connectivity index (χ3n) is 1.67. The second-order valence-corrected chi connectivity index (χ2v) is 2.97. The van der Waals surface area contributed by atoms with Crippen molar-refractivity contribution in [3.05, 3.63) is 18.0 Å². The van der Waals surface area contributed by atoms with Crippen LogP contribution in [0.5, 0.6) is 0 Å². The molecule has 0 spiro atoms. The average molecular weight is 183 g/mol. The Kier molecular flexibility index (Phi) is 3.45. The minimum Gasteiger partial charge on any atom is -0.396 e. The second-order valence-electron chi connectivity index (χ2n) is 2.97. The van der Waals surface area contributed by atoms with Gasteiger partial charge < -0.3 is 10.4 Å². The summed E-state index contributed by atoms with van der Waals surface area (Å²) in [6, 6.07) is 1.60. The largest absolute Gasteiger partial charge is 0.396 e. The predicted molar refractivity (Wildman–Crippen MR) is 47.2 cm³/mol.